The lowest BCUT2D eigenvalue weighted by Crippen LogP contribution is -2.49. The Hall–Kier alpha value is -3.13. The number of carbonyl (C=O) groups is 1. The van der Waals surface area contributed by atoms with E-state index in [1.807, 2.05) is 42.5 Å². The Kier molecular flexibility index (Phi) is 5.10. The molecule has 1 aliphatic heterocycles. The van der Waals surface area contributed by atoms with Crippen LogP contribution in [0.5, 0.6) is 17.2 Å². The molecule has 1 heterocycles. The van der Waals surface area contributed by atoms with Crippen LogP contribution in [0.2, 0.25) is 0 Å². The average molecular weight is 337 g/mol. The Morgan fingerprint density at radius 1 is 1.12 bits per heavy atom. The van der Waals surface area contributed by atoms with E-state index in [9.17, 15) is 4.79 Å². The van der Waals surface area contributed by atoms with E-state index >= 15 is 0 Å². The Balaban J connectivity index is 1.60. The fourth-order valence-corrected chi connectivity index (χ4v) is 2.53. The van der Waals surface area contributed by atoms with Gasteiger partial charge in [-0.1, -0.05) is 36.1 Å². The number of fused-ring (bicyclic) bond motifs is 1. The van der Waals surface area contributed by atoms with E-state index in [1.165, 1.54) is 0 Å². The molecule has 0 radical (unpaired) electrons. The summed E-state index contributed by atoms with van der Waals surface area (Å²) in [6.07, 6.45) is -1.08. The molecular formula is C20H19NO4. The molecule has 0 aromatic heterocycles. The fraction of sp³-hybridized carbons (Fsp3) is 0.250. The molecule has 1 aliphatic rings. The van der Waals surface area contributed by atoms with Crippen molar-refractivity contribution >= 4 is 5.91 Å². The molecule has 5 heteroatoms. The SMILES string of the molecule is COc1ccccc1C#CCNC(=O)C1Oc2ccccc2OC1C. The monoisotopic (exact) mass is 337 g/mol. The molecule has 0 saturated heterocycles. The molecule has 1 amide bonds. The number of amides is 1. The van der Waals surface area contributed by atoms with Crippen LogP contribution in [0, 0.1) is 11.8 Å². The molecule has 3 rings (SSSR count). The van der Waals surface area contributed by atoms with E-state index in [0.29, 0.717) is 17.2 Å². The van der Waals surface area contributed by atoms with Crippen molar-refractivity contribution < 1.29 is 19.0 Å². The topological polar surface area (TPSA) is 56.8 Å². The molecule has 2 atom stereocenters. The van der Waals surface area contributed by atoms with Crippen LogP contribution in [0.4, 0.5) is 0 Å². The van der Waals surface area contributed by atoms with E-state index in [2.05, 4.69) is 17.2 Å². The predicted molar refractivity (Wildman–Crippen MR) is 93.8 cm³/mol. The highest BCUT2D eigenvalue weighted by molar-refractivity contribution is 5.82. The Bertz CT molecular complexity index is 822. The van der Waals surface area contributed by atoms with Crippen molar-refractivity contribution in [1.29, 1.82) is 0 Å². The van der Waals surface area contributed by atoms with Gasteiger partial charge in [0, 0.05) is 0 Å². The lowest BCUT2D eigenvalue weighted by atomic mass is 10.1. The van der Waals surface area contributed by atoms with Crippen LogP contribution in [0.15, 0.2) is 48.5 Å². The highest BCUT2D eigenvalue weighted by Gasteiger charge is 2.33. The zero-order valence-electron chi connectivity index (χ0n) is 14.1. The molecule has 0 fully saturated rings. The molecule has 2 aromatic rings. The zero-order valence-corrected chi connectivity index (χ0v) is 14.1. The summed E-state index contributed by atoms with van der Waals surface area (Å²) < 4.78 is 16.7. The number of para-hydroxylation sites is 3. The molecule has 0 spiro atoms. The van der Waals surface area contributed by atoms with E-state index in [0.717, 1.165) is 5.56 Å². The van der Waals surface area contributed by atoms with Crippen molar-refractivity contribution in [3.05, 3.63) is 54.1 Å². The Morgan fingerprint density at radius 2 is 1.80 bits per heavy atom. The lowest BCUT2D eigenvalue weighted by molar-refractivity contribution is -0.133. The first kappa shape index (κ1) is 16.7. The predicted octanol–water partition coefficient (Wildman–Crippen LogP) is 2.39. The van der Waals surface area contributed by atoms with Gasteiger partial charge in [-0.15, -0.1) is 0 Å². The molecule has 128 valence electrons. The van der Waals surface area contributed by atoms with Crippen molar-refractivity contribution in [3.8, 4) is 29.1 Å². The summed E-state index contributed by atoms with van der Waals surface area (Å²) in [5.74, 6) is 7.58. The van der Waals surface area contributed by atoms with Gasteiger partial charge in [-0.25, -0.2) is 0 Å². The third-order valence-corrected chi connectivity index (χ3v) is 3.78. The normalized spacial score (nSPS) is 17.8. The van der Waals surface area contributed by atoms with E-state index in [4.69, 9.17) is 14.2 Å². The Morgan fingerprint density at radius 3 is 2.56 bits per heavy atom. The van der Waals surface area contributed by atoms with Crippen LogP contribution in [0.1, 0.15) is 12.5 Å². The lowest BCUT2D eigenvalue weighted by Gasteiger charge is -2.30. The number of hydrogen-bond acceptors (Lipinski definition) is 4. The number of benzene rings is 2. The van der Waals surface area contributed by atoms with Gasteiger partial charge < -0.3 is 19.5 Å². The van der Waals surface area contributed by atoms with Gasteiger partial charge in [-0.05, 0) is 31.2 Å². The highest BCUT2D eigenvalue weighted by Crippen LogP contribution is 2.33. The number of hydrogen-bond donors (Lipinski definition) is 1. The van der Waals surface area contributed by atoms with Gasteiger partial charge in [0.05, 0.1) is 19.2 Å². The number of nitrogens with one attached hydrogen (secondary N) is 1. The van der Waals surface area contributed by atoms with Gasteiger partial charge in [0.15, 0.2) is 11.5 Å². The van der Waals surface area contributed by atoms with Crippen LogP contribution < -0.4 is 19.5 Å². The fourth-order valence-electron chi connectivity index (χ4n) is 2.53. The first-order valence-electron chi connectivity index (χ1n) is 8.01. The number of rotatable bonds is 3. The van der Waals surface area contributed by atoms with Crippen LogP contribution in [-0.2, 0) is 4.79 Å². The highest BCUT2D eigenvalue weighted by atomic mass is 16.6. The maximum Gasteiger partial charge on any atom is 0.265 e. The molecule has 0 saturated carbocycles. The minimum absolute atomic E-state index is 0.213. The maximum atomic E-state index is 12.3. The maximum absolute atomic E-state index is 12.3. The molecule has 0 aliphatic carbocycles. The van der Waals surface area contributed by atoms with Gasteiger partial charge in [-0.2, -0.15) is 0 Å². The van der Waals surface area contributed by atoms with Crippen molar-refractivity contribution in [2.24, 2.45) is 0 Å². The smallest absolute Gasteiger partial charge is 0.265 e. The Labute approximate surface area is 146 Å². The molecule has 1 N–H and O–H groups in total. The first-order valence-corrected chi connectivity index (χ1v) is 8.01. The summed E-state index contributed by atoms with van der Waals surface area (Å²) in [5, 5.41) is 2.76. The molecular weight excluding hydrogens is 318 g/mol. The van der Waals surface area contributed by atoms with E-state index in [1.54, 1.807) is 20.1 Å². The van der Waals surface area contributed by atoms with Gasteiger partial charge in [-0.3, -0.25) is 4.79 Å². The summed E-state index contributed by atoms with van der Waals surface area (Å²) in [7, 11) is 1.60. The van der Waals surface area contributed by atoms with Crippen LogP contribution in [-0.4, -0.2) is 31.8 Å². The molecule has 5 nitrogen and oxygen atoms in total. The van der Waals surface area contributed by atoms with E-state index < -0.39 is 6.10 Å². The second kappa shape index (κ2) is 7.63. The van der Waals surface area contributed by atoms with Crippen LogP contribution >= 0.6 is 0 Å². The second-order valence-electron chi connectivity index (χ2n) is 5.53. The minimum atomic E-state index is -0.706. The zero-order chi connectivity index (χ0) is 17.6. The third kappa shape index (κ3) is 3.86. The summed E-state index contributed by atoms with van der Waals surface area (Å²) >= 11 is 0. The molecule has 25 heavy (non-hydrogen) atoms. The van der Waals surface area contributed by atoms with Crippen LogP contribution in [0.3, 0.4) is 0 Å². The second-order valence-corrected chi connectivity index (χ2v) is 5.53. The van der Waals surface area contributed by atoms with Crippen LogP contribution in [0.25, 0.3) is 0 Å². The largest absolute Gasteiger partial charge is 0.495 e. The van der Waals surface area contributed by atoms with Gasteiger partial charge in [0.25, 0.3) is 5.91 Å². The molecule has 0 bridgehead atoms. The number of ether oxygens (including phenoxy) is 3. The van der Waals surface area contributed by atoms with Crippen molar-refractivity contribution in [2.45, 2.75) is 19.1 Å². The van der Waals surface area contributed by atoms with Gasteiger partial charge >= 0.3 is 0 Å². The number of methoxy groups -OCH3 is 1. The molecule has 2 aromatic carbocycles. The van der Waals surface area contributed by atoms with Gasteiger partial charge in [0.1, 0.15) is 11.9 Å². The molecule has 2 unspecified atom stereocenters. The van der Waals surface area contributed by atoms with Crippen molar-refractivity contribution in [2.75, 3.05) is 13.7 Å². The summed E-state index contributed by atoms with van der Waals surface area (Å²) in [6.45, 7) is 2.02. The number of carbonyl (C=O) groups excluding carboxylic acids is 1. The van der Waals surface area contributed by atoms with Crippen molar-refractivity contribution in [1.82, 2.24) is 5.32 Å². The summed E-state index contributed by atoms with van der Waals surface area (Å²) in [4.78, 5) is 12.3. The van der Waals surface area contributed by atoms with E-state index in [-0.39, 0.29) is 18.6 Å². The third-order valence-electron chi connectivity index (χ3n) is 3.78. The summed E-state index contributed by atoms with van der Waals surface area (Å²) in [6, 6.07) is 14.8. The van der Waals surface area contributed by atoms with Gasteiger partial charge in [0.2, 0.25) is 6.10 Å². The average Bonchev–Trinajstić information content (AvgIpc) is 2.64. The quantitative estimate of drug-likeness (QED) is 0.874. The first-order chi connectivity index (χ1) is 12.2. The standard InChI is InChI=1S/C20H19NO4/c1-14-19(25-18-12-6-5-11-17(18)24-14)20(22)21-13-7-9-15-8-3-4-10-16(15)23-2/h3-6,8,10-12,14,19H,13H2,1-2H3,(H,21,22). The summed E-state index contributed by atoms with van der Waals surface area (Å²) in [5.41, 5.74) is 0.777. The minimum Gasteiger partial charge on any atom is -0.495 e. The van der Waals surface area contributed by atoms with Crippen molar-refractivity contribution in [3.63, 3.8) is 0 Å².